The summed E-state index contributed by atoms with van der Waals surface area (Å²) in [5, 5.41) is 26.5. The largest absolute Gasteiger partial charge is 0.396 e. The lowest BCUT2D eigenvalue weighted by Gasteiger charge is -2.41. The van der Waals surface area contributed by atoms with E-state index in [-0.39, 0.29) is 31.8 Å². The normalized spacial score (nSPS) is 26.8. The maximum Gasteiger partial charge on any atom is 0.0932 e. The molecule has 4 aliphatic heterocycles. The summed E-state index contributed by atoms with van der Waals surface area (Å²) in [4.78, 5) is 11.7. The first-order valence-corrected chi connectivity index (χ1v) is 12.5. The van der Waals surface area contributed by atoms with Crippen molar-refractivity contribution in [3.8, 4) is 0 Å². The highest BCUT2D eigenvalue weighted by atomic mass is 16.5. The first-order chi connectivity index (χ1) is 15.9. The molecule has 33 heavy (non-hydrogen) atoms. The molecule has 196 valence electrons. The fourth-order valence-electron chi connectivity index (χ4n) is 4.17. The van der Waals surface area contributed by atoms with Crippen molar-refractivity contribution < 1.29 is 24.8 Å². The van der Waals surface area contributed by atoms with Gasteiger partial charge in [0, 0.05) is 91.1 Å². The summed E-state index contributed by atoms with van der Waals surface area (Å²) in [6.07, 6.45) is 0.0451. The van der Waals surface area contributed by atoms with Gasteiger partial charge in [0.2, 0.25) is 0 Å². The van der Waals surface area contributed by atoms with Crippen LogP contribution in [0.4, 0.5) is 0 Å². The molecule has 0 radical (unpaired) electrons. The van der Waals surface area contributed by atoms with E-state index in [4.69, 9.17) is 24.8 Å². The number of hydrogen-bond acceptors (Lipinski definition) is 10. The zero-order valence-electron chi connectivity index (χ0n) is 21.1. The van der Waals surface area contributed by atoms with Crippen molar-refractivity contribution in [3.63, 3.8) is 0 Å². The van der Waals surface area contributed by atoms with Gasteiger partial charge < -0.3 is 44.4 Å². The van der Waals surface area contributed by atoms with E-state index in [1.165, 1.54) is 26.2 Å². The van der Waals surface area contributed by atoms with Crippen LogP contribution in [0.15, 0.2) is 0 Å². The lowest BCUT2D eigenvalue weighted by molar-refractivity contribution is -0.0752. The van der Waals surface area contributed by atoms with Crippen LogP contribution in [0.25, 0.3) is 0 Å². The Kier molecular flexibility index (Phi) is 14.2. The molecular formula is C23H49N5O5. The predicted molar refractivity (Wildman–Crippen MR) is 130 cm³/mol. The highest BCUT2D eigenvalue weighted by Crippen LogP contribution is 2.12. The van der Waals surface area contributed by atoms with E-state index in [1.807, 2.05) is 7.05 Å². The Hall–Kier alpha value is -0.400. The van der Waals surface area contributed by atoms with E-state index in [0.29, 0.717) is 0 Å². The Labute approximate surface area is 200 Å². The van der Waals surface area contributed by atoms with Gasteiger partial charge in [0.05, 0.1) is 38.6 Å². The van der Waals surface area contributed by atoms with Gasteiger partial charge >= 0.3 is 0 Å². The maximum absolute atomic E-state index is 8.91. The number of piperazine rings is 2. The third kappa shape index (κ3) is 11.3. The molecule has 0 unspecified atom stereocenters. The number of aliphatic hydroxyl groups excluding tert-OH is 3. The second-order valence-electron chi connectivity index (χ2n) is 9.80. The van der Waals surface area contributed by atoms with E-state index in [9.17, 15) is 0 Å². The van der Waals surface area contributed by atoms with E-state index in [0.717, 1.165) is 71.7 Å². The molecule has 0 aromatic carbocycles. The molecule has 0 bridgehead atoms. The average molecular weight is 476 g/mol. The lowest BCUT2D eigenvalue weighted by atomic mass is 10.1. The van der Waals surface area contributed by atoms with Crippen molar-refractivity contribution >= 4 is 0 Å². The number of ether oxygens (including phenoxy) is 2. The van der Waals surface area contributed by atoms with Crippen molar-refractivity contribution in [2.45, 2.75) is 12.1 Å². The van der Waals surface area contributed by atoms with Crippen LogP contribution in [0.1, 0.15) is 0 Å². The Balaban J connectivity index is 0.000000178. The molecule has 10 heteroatoms. The summed E-state index contributed by atoms with van der Waals surface area (Å²) in [6.45, 7) is 14.8. The van der Waals surface area contributed by atoms with Gasteiger partial charge in [-0.05, 0) is 21.1 Å². The van der Waals surface area contributed by atoms with Crippen LogP contribution in [-0.4, -0.2) is 185 Å². The first-order valence-electron chi connectivity index (χ1n) is 12.5. The topological polar surface area (TPSA) is 95.4 Å². The van der Waals surface area contributed by atoms with Crippen molar-refractivity contribution in [2.75, 3.05) is 133 Å². The summed E-state index contributed by atoms with van der Waals surface area (Å²) in [7, 11) is 6.34. The van der Waals surface area contributed by atoms with E-state index in [1.54, 1.807) is 0 Å². The van der Waals surface area contributed by atoms with Gasteiger partial charge in [-0.3, -0.25) is 4.90 Å². The molecule has 4 saturated heterocycles. The third-order valence-corrected chi connectivity index (χ3v) is 6.85. The van der Waals surface area contributed by atoms with Crippen LogP contribution in [-0.2, 0) is 9.47 Å². The Morgan fingerprint density at radius 1 is 0.758 bits per heavy atom. The summed E-state index contributed by atoms with van der Waals surface area (Å²) < 4.78 is 10.4. The van der Waals surface area contributed by atoms with Gasteiger partial charge in [-0.2, -0.15) is 0 Å². The molecule has 0 saturated carbocycles. The zero-order valence-corrected chi connectivity index (χ0v) is 21.1. The van der Waals surface area contributed by atoms with Crippen molar-refractivity contribution in [2.24, 2.45) is 5.92 Å². The van der Waals surface area contributed by atoms with Crippen molar-refractivity contribution in [1.29, 1.82) is 0 Å². The SMILES string of the molecule is CN1CCN(C2COC2)CC1.CN1CCN(CC(CO)CO)CC1.CN1CCO[C@@H](CO)C1. The van der Waals surface area contributed by atoms with E-state index >= 15 is 0 Å². The average Bonchev–Trinajstić information content (AvgIpc) is 2.80. The maximum atomic E-state index is 8.91. The van der Waals surface area contributed by atoms with Gasteiger partial charge in [-0.25, -0.2) is 0 Å². The highest BCUT2D eigenvalue weighted by molar-refractivity contribution is 4.81. The number of likely N-dealkylation sites (N-methyl/N-ethyl adjacent to an activating group) is 3. The van der Waals surface area contributed by atoms with Gasteiger partial charge in [0.15, 0.2) is 0 Å². The number of nitrogens with zero attached hydrogens (tertiary/aromatic N) is 5. The monoisotopic (exact) mass is 475 g/mol. The molecule has 10 nitrogen and oxygen atoms in total. The number of aliphatic hydroxyl groups is 3. The molecule has 0 aromatic heterocycles. The first kappa shape index (κ1) is 28.8. The molecule has 4 fully saturated rings. The van der Waals surface area contributed by atoms with Gasteiger partial charge in [-0.15, -0.1) is 0 Å². The minimum atomic E-state index is 0.0309. The third-order valence-electron chi connectivity index (χ3n) is 6.85. The van der Waals surface area contributed by atoms with Gasteiger partial charge in [0.1, 0.15) is 0 Å². The summed E-state index contributed by atoms with van der Waals surface area (Å²) in [5.41, 5.74) is 0. The summed E-state index contributed by atoms with van der Waals surface area (Å²) in [6, 6.07) is 0.740. The van der Waals surface area contributed by atoms with Crippen LogP contribution in [0.5, 0.6) is 0 Å². The molecule has 0 spiro atoms. The standard InChI is InChI=1S/C9H20N2O2.C8H16N2O.C6H13NO2/c1-10-2-4-11(5-3-10)6-9(7-12)8-13;1-9-2-4-10(5-3-9)8-6-11-7-8;1-7-2-3-9-6(4-7)5-8/h9,12-13H,2-8H2,1H3;8H,2-7H2,1H3;6,8H,2-5H2,1H3/t;;6-/m..1/s1. The molecule has 1 atom stereocenters. The molecule has 4 heterocycles. The van der Waals surface area contributed by atoms with E-state index in [2.05, 4.69) is 38.6 Å². The molecule has 0 amide bonds. The Morgan fingerprint density at radius 2 is 1.33 bits per heavy atom. The molecule has 4 rings (SSSR count). The van der Waals surface area contributed by atoms with E-state index < -0.39 is 0 Å². The van der Waals surface area contributed by atoms with Crippen LogP contribution >= 0.6 is 0 Å². The van der Waals surface area contributed by atoms with Crippen molar-refractivity contribution in [1.82, 2.24) is 24.5 Å². The minimum Gasteiger partial charge on any atom is -0.396 e. The number of hydrogen-bond donors (Lipinski definition) is 3. The number of morpholine rings is 1. The van der Waals surface area contributed by atoms with Gasteiger partial charge in [0.25, 0.3) is 0 Å². The quantitative estimate of drug-likeness (QED) is 0.392. The van der Waals surface area contributed by atoms with Crippen LogP contribution < -0.4 is 0 Å². The molecular weight excluding hydrogens is 426 g/mol. The summed E-state index contributed by atoms with van der Waals surface area (Å²) >= 11 is 0. The fraction of sp³-hybridized carbons (Fsp3) is 1.00. The second-order valence-corrected chi connectivity index (χ2v) is 9.80. The van der Waals surface area contributed by atoms with Crippen LogP contribution in [0.2, 0.25) is 0 Å². The smallest absolute Gasteiger partial charge is 0.0932 e. The van der Waals surface area contributed by atoms with Crippen LogP contribution in [0.3, 0.4) is 0 Å². The summed E-state index contributed by atoms with van der Waals surface area (Å²) in [5.74, 6) is 0.0309. The minimum absolute atomic E-state index is 0.0309. The van der Waals surface area contributed by atoms with Crippen LogP contribution in [0, 0.1) is 5.92 Å². The Bertz CT molecular complexity index is 482. The number of rotatable bonds is 6. The molecule has 3 N–H and O–H groups in total. The highest BCUT2D eigenvalue weighted by Gasteiger charge is 2.27. The molecule has 0 aliphatic carbocycles. The molecule has 0 aromatic rings. The fourth-order valence-corrected chi connectivity index (χ4v) is 4.17. The second kappa shape index (κ2) is 16.3. The Morgan fingerprint density at radius 3 is 1.76 bits per heavy atom. The lowest BCUT2D eigenvalue weighted by Crippen LogP contribution is -2.55. The van der Waals surface area contributed by atoms with Crippen molar-refractivity contribution in [3.05, 3.63) is 0 Å². The molecule has 4 aliphatic rings. The predicted octanol–water partition coefficient (Wildman–Crippen LogP) is -2.22. The zero-order chi connectivity index (χ0) is 24.1. The van der Waals surface area contributed by atoms with Gasteiger partial charge in [-0.1, -0.05) is 0 Å².